The Bertz CT molecular complexity index is 3680. The van der Waals surface area contributed by atoms with Crippen molar-refractivity contribution < 1.29 is 8.83 Å². The van der Waals surface area contributed by atoms with Crippen molar-refractivity contribution in [1.82, 2.24) is 0 Å². The molecule has 0 saturated heterocycles. The molecule has 0 saturated carbocycles. The van der Waals surface area contributed by atoms with Crippen LogP contribution in [0.1, 0.15) is 22.3 Å². The summed E-state index contributed by atoms with van der Waals surface area (Å²) >= 11 is 0. The summed E-state index contributed by atoms with van der Waals surface area (Å²) in [7, 11) is 0. The average molecular weight is 792 g/mol. The Morgan fingerprint density at radius 3 is 1.68 bits per heavy atom. The Morgan fingerprint density at radius 2 is 0.903 bits per heavy atom. The summed E-state index contributed by atoms with van der Waals surface area (Å²) in [6.45, 7) is 0. The van der Waals surface area contributed by atoms with Gasteiger partial charge in [-0.1, -0.05) is 176 Å². The minimum absolute atomic E-state index is 0.488. The third-order valence-electron chi connectivity index (χ3n) is 13.2. The van der Waals surface area contributed by atoms with Crippen LogP contribution in [0.2, 0.25) is 0 Å². The second kappa shape index (κ2) is 13.4. The molecule has 290 valence electrons. The van der Waals surface area contributed by atoms with E-state index in [-0.39, 0.29) is 0 Å². The molecule has 0 bridgehead atoms. The molecule has 0 fully saturated rings. The van der Waals surface area contributed by atoms with Gasteiger partial charge < -0.3 is 13.7 Å². The lowest BCUT2D eigenvalue weighted by atomic mass is 9.67. The Morgan fingerprint density at radius 1 is 0.323 bits per heavy atom. The molecule has 0 aliphatic heterocycles. The van der Waals surface area contributed by atoms with Gasteiger partial charge >= 0.3 is 0 Å². The number of fused-ring (bicyclic) bond motifs is 10. The van der Waals surface area contributed by atoms with E-state index in [1.807, 2.05) is 18.2 Å². The van der Waals surface area contributed by atoms with Gasteiger partial charge in [-0.2, -0.15) is 0 Å². The van der Waals surface area contributed by atoms with Crippen molar-refractivity contribution >= 4 is 71.7 Å². The van der Waals surface area contributed by atoms with Gasteiger partial charge in [0.25, 0.3) is 0 Å². The maximum absolute atomic E-state index is 6.75. The number of hydrogen-bond acceptors (Lipinski definition) is 3. The zero-order valence-electron chi connectivity index (χ0n) is 33.6. The molecule has 10 aromatic carbocycles. The predicted molar refractivity (Wildman–Crippen MR) is 256 cm³/mol. The third kappa shape index (κ3) is 4.94. The summed E-state index contributed by atoms with van der Waals surface area (Å²) in [4.78, 5) is 2.37. The molecule has 62 heavy (non-hydrogen) atoms. The van der Waals surface area contributed by atoms with E-state index in [0.29, 0.717) is 0 Å². The van der Waals surface area contributed by atoms with Gasteiger partial charge in [0.05, 0.1) is 16.8 Å². The van der Waals surface area contributed by atoms with Crippen molar-refractivity contribution in [3.63, 3.8) is 0 Å². The molecule has 0 N–H and O–H groups in total. The molecule has 0 unspecified atom stereocenters. The Balaban J connectivity index is 1.04. The van der Waals surface area contributed by atoms with Gasteiger partial charge in [-0.25, -0.2) is 0 Å². The van der Waals surface area contributed by atoms with Crippen molar-refractivity contribution in [1.29, 1.82) is 0 Å². The smallest absolute Gasteiger partial charge is 0.159 e. The zero-order valence-corrected chi connectivity index (χ0v) is 33.6. The van der Waals surface area contributed by atoms with Gasteiger partial charge in [0.2, 0.25) is 0 Å². The van der Waals surface area contributed by atoms with E-state index >= 15 is 0 Å². The van der Waals surface area contributed by atoms with E-state index in [1.165, 1.54) is 49.9 Å². The maximum Gasteiger partial charge on any atom is 0.159 e. The molecular formula is C59H37NO2. The van der Waals surface area contributed by atoms with E-state index < -0.39 is 5.41 Å². The number of hydrogen-bond donors (Lipinski definition) is 0. The highest BCUT2D eigenvalue weighted by molar-refractivity contribution is 6.14. The molecule has 13 rings (SSSR count). The molecule has 0 spiro atoms. The van der Waals surface area contributed by atoms with Crippen molar-refractivity contribution in [2.24, 2.45) is 0 Å². The number of furan rings is 2. The van der Waals surface area contributed by atoms with Crippen LogP contribution in [0.3, 0.4) is 0 Å². The van der Waals surface area contributed by atoms with Crippen LogP contribution in [-0.2, 0) is 5.41 Å². The number of para-hydroxylation sites is 3. The zero-order chi connectivity index (χ0) is 40.8. The van der Waals surface area contributed by atoms with Crippen LogP contribution in [0, 0.1) is 0 Å². The number of benzene rings is 10. The monoisotopic (exact) mass is 791 g/mol. The van der Waals surface area contributed by atoms with Gasteiger partial charge in [-0.15, -0.1) is 0 Å². The minimum atomic E-state index is -0.488. The topological polar surface area (TPSA) is 29.5 Å². The maximum atomic E-state index is 6.75. The molecule has 0 atom stereocenters. The first-order valence-corrected chi connectivity index (χ1v) is 21.2. The SMILES string of the molecule is c1ccc(C2(c3cccc(-c4ccc(N(c5ccc6oc7ccccc7c6c5)c5cccc6c5oc5ccccc56)c5ccccc45)c3)c3ccccc3-c3ccccc32)cc1. The van der Waals surface area contributed by atoms with Gasteiger partial charge in [0, 0.05) is 32.6 Å². The summed E-state index contributed by atoms with van der Waals surface area (Å²) in [6, 6.07) is 81.1. The highest BCUT2D eigenvalue weighted by atomic mass is 16.3. The molecule has 2 aromatic heterocycles. The summed E-state index contributed by atoms with van der Waals surface area (Å²) < 4.78 is 13.1. The quantitative estimate of drug-likeness (QED) is 0.168. The molecule has 2 heterocycles. The summed E-state index contributed by atoms with van der Waals surface area (Å²) in [5.74, 6) is 0. The second-order valence-electron chi connectivity index (χ2n) is 16.3. The van der Waals surface area contributed by atoms with Crippen LogP contribution >= 0.6 is 0 Å². The van der Waals surface area contributed by atoms with E-state index in [1.54, 1.807) is 0 Å². The van der Waals surface area contributed by atoms with Crippen molar-refractivity contribution in [2.45, 2.75) is 5.41 Å². The fourth-order valence-corrected chi connectivity index (χ4v) is 10.5. The number of anilines is 3. The lowest BCUT2D eigenvalue weighted by Crippen LogP contribution is -2.28. The Kier molecular flexibility index (Phi) is 7.52. The van der Waals surface area contributed by atoms with E-state index in [0.717, 1.165) is 66.3 Å². The molecule has 12 aromatic rings. The lowest BCUT2D eigenvalue weighted by Gasteiger charge is -2.34. The number of rotatable bonds is 6. The van der Waals surface area contributed by atoms with Gasteiger partial charge in [-0.3, -0.25) is 0 Å². The molecule has 3 nitrogen and oxygen atoms in total. The Labute approximate surface area is 358 Å². The molecule has 1 aliphatic carbocycles. The van der Waals surface area contributed by atoms with Crippen LogP contribution in [0.5, 0.6) is 0 Å². The first kappa shape index (κ1) is 34.7. The molecule has 0 radical (unpaired) electrons. The lowest BCUT2D eigenvalue weighted by molar-refractivity contribution is 0.669. The largest absolute Gasteiger partial charge is 0.456 e. The number of nitrogens with zero attached hydrogens (tertiary/aromatic N) is 1. The van der Waals surface area contributed by atoms with E-state index in [2.05, 4.69) is 211 Å². The van der Waals surface area contributed by atoms with E-state index in [4.69, 9.17) is 8.83 Å². The van der Waals surface area contributed by atoms with Crippen LogP contribution in [0.15, 0.2) is 233 Å². The highest BCUT2D eigenvalue weighted by Crippen LogP contribution is 2.56. The highest BCUT2D eigenvalue weighted by Gasteiger charge is 2.46. The predicted octanol–water partition coefficient (Wildman–Crippen LogP) is 16.1. The molecule has 3 heteroatoms. The van der Waals surface area contributed by atoms with Gasteiger partial charge in [-0.05, 0) is 98.4 Å². The average Bonchev–Trinajstić information content (AvgIpc) is 4.01. The summed E-state index contributed by atoms with van der Waals surface area (Å²) in [5, 5.41) is 6.64. The van der Waals surface area contributed by atoms with Crippen molar-refractivity contribution in [2.75, 3.05) is 4.90 Å². The van der Waals surface area contributed by atoms with Crippen LogP contribution in [-0.4, -0.2) is 0 Å². The van der Waals surface area contributed by atoms with Crippen LogP contribution in [0.25, 0.3) is 76.9 Å². The second-order valence-corrected chi connectivity index (χ2v) is 16.3. The van der Waals surface area contributed by atoms with Crippen LogP contribution < -0.4 is 4.90 Å². The first-order valence-electron chi connectivity index (χ1n) is 21.2. The Hall–Kier alpha value is -8.14. The summed E-state index contributed by atoms with van der Waals surface area (Å²) in [6.07, 6.45) is 0. The normalized spacial score (nSPS) is 13.0. The molecule has 1 aliphatic rings. The molecule has 0 amide bonds. The van der Waals surface area contributed by atoms with E-state index in [9.17, 15) is 0 Å². The van der Waals surface area contributed by atoms with Crippen molar-refractivity contribution in [3.8, 4) is 22.3 Å². The molecular weight excluding hydrogens is 755 g/mol. The standard InChI is InChI=1S/C59H37NO2/c1-2-17-39(18-3-1)59(51-27-10-6-21-44(51)45-22-7-11-28-52(45)59)40-19-14-16-38(36-40)42-33-34-53(46-23-5-4-20-43(42)46)60(41-32-35-57-50(37-41)48-25-9-12-30-55(48)61-57)54-29-15-26-49-47-24-8-13-31-56(47)62-58(49)54/h1-37H. The first-order chi connectivity index (χ1) is 30.8. The van der Waals surface area contributed by atoms with Gasteiger partial charge in [0.1, 0.15) is 16.7 Å². The fraction of sp³-hybridized carbons (Fsp3) is 0.0169. The van der Waals surface area contributed by atoms with Crippen molar-refractivity contribution in [3.05, 3.63) is 247 Å². The summed E-state index contributed by atoms with van der Waals surface area (Å²) in [5.41, 5.74) is 16.0. The third-order valence-corrected chi connectivity index (χ3v) is 13.2. The van der Waals surface area contributed by atoms with Gasteiger partial charge in [0.15, 0.2) is 5.58 Å². The fourth-order valence-electron chi connectivity index (χ4n) is 10.5. The minimum Gasteiger partial charge on any atom is -0.456 e. The van der Waals surface area contributed by atoms with Crippen LogP contribution in [0.4, 0.5) is 17.1 Å².